The number of likely N-dealkylation sites (tertiary alicyclic amines) is 1. The summed E-state index contributed by atoms with van der Waals surface area (Å²) in [6.45, 7) is 5.29. The molecule has 2 aromatic carbocycles. The van der Waals surface area contributed by atoms with Gasteiger partial charge in [0.05, 0.1) is 24.4 Å². The summed E-state index contributed by atoms with van der Waals surface area (Å²) in [6, 6.07) is 15.3. The Hall–Kier alpha value is -3.03. The number of pyridine rings is 1. The van der Waals surface area contributed by atoms with Gasteiger partial charge in [0, 0.05) is 55.9 Å². The molecular weight excluding hydrogens is 419 g/mol. The van der Waals surface area contributed by atoms with Crippen molar-refractivity contribution in [2.45, 2.75) is 6.54 Å². The Morgan fingerprint density at radius 2 is 1.88 bits per heavy atom. The Morgan fingerprint density at radius 3 is 2.67 bits per heavy atom. The second-order valence-electron chi connectivity index (χ2n) is 9.29. The van der Waals surface area contributed by atoms with Crippen LogP contribution in [0.5, 0.6) is 0 Å². The number of carbonyl (C=O) groups is 1. The molecule has 3 aromatic rings. The van der Waals surface area contributed by atoms with Crippen LogP contribution in [-0.4, -0.2) is 55.2 Å². The van der Waals surface area contributed by atoms with Gasteiger partial charge in [0.15, 0.2) is 0 Å². The Labute approximate surface area is 192 Å². The first-order valence-corrected chi connectivity index (χ1v) is 11.7. The van der Waals surface area contributed by atoms with Gasteiger partial charge in [0.1, 0.15) is 5.82 Å². The molecule has 1 N–H and O–H groups in total. The van der Waals surface area contributed by atoms with Crippen molar-refractivity contribution in [1.29, 1.82) is 0 Å². The standard InChI is InChI=1S/C26H27FN4O2/c27-22-13-18(5-6-24(22)31-9-11-33-12-10-31)29-26(32)25-20-15-30(16-21(20)25)14-17-7-8-28-23-4-2-1-3-19(17)23/h1-8,13,20-21,25H,9-12,14-16H2,(H,29,32). The molecule has 2 saturated heterocycles. The number of morpholine rings is 1. The van der Waals surface area contributed by atoms with Gasteiger partial charge in [-0.1, -0.05) is 18.2 Å². The summed E-state index contributed by atoms with van der Waals surface area (Å²) in [4.78, 5) is 21.7. The SMILES string of the molecule is O=C(Nc1ccc(N2CCOCC2)c(F)c1)C1C2CN(Cc3ccnc4ccccc34)CC21. The fourth-order valence-electron chi connectivity index (χ4n) is 5.54. The van der Waals surface area contributed by atoms with Crippen molar-refractivity contribution in [2.75, 3.05) is 49.6 Å². The van der Waals surface area contributed by atoms with Gasteiger partial charge in [-0.2, -0.15) is 0 Å². The molecule has 33 heavy (non-hydrogen) atoms. The molecule has 3 aliphatic rings. The number of benzene rings is 2. The minimum absolute atomic E-state index is 0.0116. The van der Waals surface area contributed by atoms with E-state index in [1.165, 1.54) is 17.0 Å². The minimum atomic E-state index is -0.304. The Bertz CT molecular complexity index is 1180. The van der Waals surface area contributed by atoms with Gasteiger partial charge in [0.2, 0.25) is 5.91 Å². The zero-order valence-corrected chi connectivity index (χ0v) is 18.4. The highest BCUT2D eigenvalue weighted by Crippen LogP contribution is 2.52. The van der Waals surface area contributed by atoms with Crippen LogP contribution in [0.3, 0.4) is 0 Å². The third-order valence-electron chi connectivity index (χ3n) is 7.27. The molecular formula is C26H27FN4O2. The highest BCUT2D eigenvalue weighted by atomic mass is 19.1. The summed E-state index contributed by atoms with van der Waals surface area (Å²) in [5.41, 5.74) is 3.39. The maximum Gasteiger partial charge on any atom is 0.228 e. The van der Waals surface area contributed by atoms with Crippen LogP contribution >= 0.6 is 0 Å². The number of hydrogen-bond acceptors (Lipinski definition) is 5. The van der Waals surface area contributed by atoms with E-state index in [-0.39, 0.29) is 17.6 Å². The third-order valence-corrected chi connectivity index (χ3v) is 7.27. The molecule has 1 saturated carbocycles. The van der Waals surface area contributed by atoms with Crippen LogP contribution in [0.4, 0.5) is 15.8 Å². The number of rotatable bonds is 5. The van der Waals surface area contributed by atoms with Gasteiger partial charge in [0.25, 0.3) is 0 Å². The summed E-state index contributed by atoms with van der Waals surface area (Å²) in [5, 5.41) is 4.14. The van der Waals surface area contributed by atoms with Crippen LogP contribution in [0.2, 0.25) is 0 Å². The first-order valence-electron chi connectivity index (χ1n) is 11.7. The van der Waals surface area contributed by atoms with Crippen molar-refractivity contribution in [2.24, 2.45) is 17.8 Å². The predicted octanol–water partition coefficient (Wildman–Crippen LogP) is 3.53. The van der Waals surface area contributed by atoms with Gasteiger partial charge in [-0.3, -0.25) is 14.7 Å². The van der Waals surface area contributed by atoms with Crippen molar-refractivity contribution in [3.63, 3.8) is 0 Å². The summed E-state index contributed by atoms with van der Waals surface area (Å²) < 4.78 is 20.0. The average Bonchev–Trinajstić information content (AvgIpc) is 3.35. The number of fused-ring (bicyclic) bond motifs is 2. The van der Waals surface area contributed by atoms with Gasteiger partial charge in [-0.25, -0.2) is 4.39 Å². The van der Waals surface area contributed by atoms with E-state index in [2.05, 4.69) is 27.3 Å². The average molecular weight is 447 g/mol. The van der Waals surface area contributed by atoms with E-state index in [1.807, 2.05) is 29.3 Å². The van der Waals surface area contributed by atoms with Gasteiger partial charge in [-0.05, 0) is 47.7 Å². The number of piperidine rings is 1. The molecule has 1 aliphatic carbocycles. The van der Waals surface area contributed by atoms with Crippen molar-refractivity contribution >= 4 is 28.2 Å². The van der Waals surface area contributed by atoms with Crippen LogP contribution in [0, 0.1) is 23.6 Å². The smallest absolute Gasteiger partial charge is 0.228 e. The predicted molar refractivity (Wildman–Crippen MR) is 126 cm³/mol. The number of ether oxygens (including phenoxy) is 1. The molecule has 0 bridgehead atoms. The zero-order chi connectivity index (χ0) is 22.4. The first-order chi connectivity index (χ1) is 16.2. The molecule has 2 aliphatic heterocycles. The quantitative estimate of drug-likeness (QED) is 0.650. The lowest BCUT2D eigenvalue weighted by Gasteiger charge is -2.29. The fourth-order valence-corrected chi connectivity index (χ4v) is 5.54. The summed E-state index contributed by atoms with van der Waals surface area (Å²) in [5.74, 6) is 0.502. The molecule has 2 unspecified atom stereocenters. The van der Waals surface area contributed by atoms with Crippen LogP contribution in [-0.2, 0) is 16.1 Å². The number of para-hydroxylation sites is 1. The van der Waals surface area contributed by atoms with E-state index < -0.39 is 0 Å². The lowest BCUT2D eigenvalue weighted by molar-refractivity contribution is -0.118. The normalized spacial score (nSPS) is 24.6. The van der Waals surface area contributed by atoms with E-state index in [0.717, 1.165) is 25.2 Å². The number of amides is 1. The van der Waals surface area contributed by atoms with Gasteiger partial charge < -0.3 is 15.0 Å². The second kappa shape index (κ2) is 8.39. The van der Waals surface area contributed by atoms with E-state index >= 15 is 0 Å². The molecule has 6 nitrogen and oxygen atoms in total. The maximum atomic E-state index is 14.7. The Balaban J connectivity index is 1.05. The van der Waals surface area contributed by atoms with Crippen LogP contribution in [0.15, 0.2) is 54.7 Å². The Morgan fingerprint density at radius 1 is 1.09 bits per heavy atom. The van der Waals surface area contributed by atoms with E-state index in [9.17, 15) is 9.18 Å². The Kier molecular flexibility index (Phi) is 5.23. The number of anilines is 2. The highest BCUT2D eigenvalue weighted by molar-refractivity contribution is 5.95. The van der Waals surface area contributed by atoms with Crippen LogP contribution < -0.4 is 10.2 Å². The topological polar surface area (TPSA) is 57.7 Å². The van der Waals surface area contributed by atoms with Gasteiger partial charge >= 0.3 is 0 Å². The van der Waals surface area contributed by atoms with Crippen molar-refractivity contribution in [3.05, 3.63) is 66.1 Å². The molecule has 6 rings (SSSR count). The molecule has 2 atom stereocenters. The molecule has 0 radical (unpaired) electrons. The van der Waals surface area contributed by atoms with Crippen molar-refractivity contribution < 1.29 is 13.9 Å². The van der Waals surface area contributed by atoms with Crippen LogP contribution in [0.1, 0.15) is 5.56 Å². The molecule has 0 spiro atoms. The highest BCUT2D eigenvalue weighted by Gasteiger charge is 2.59. The number of carbonyl (C=O) groups excluding carboxylic acids is 1. The van der Waals surface area contributed by atoms with E-state index in [0.29, 0.717) is 49.5 Å². The largest absolute Gasteiger partial charge is 0.378 e. The lowest BCUT2D eigenvalue weighted by atomic mass is 10.1. The number of aromatic nitrogens is 1. The molecule has 7 heteroatoms. The van der Waals surface area contributed by atoms with Crippen molar-refractivity contribution in [1.82, 2.24) is 9.88 Å². The lowest BCUT2D eigenvalue weighted by Crippen LogP contribution is -2.36. The van der Waals surface area contributed by atoms with E-state index in [4.69, 9.17) is 4.74 Å². The van der Waals surface area contributed by atoms with Crippen LogP contribution in [0.25, 0.3) is 10.9 Å². The number of hydrogen-bond donors (Lipinski definition) is 1. The monoisotopic (exact) mass is 446 g/mol. The third kappa shape index (κ3) is 3.96. The summed E-state index contributed by atoms with van der Waals surface area (Å²) in [7, 11) is 0. The number of nitrogens with zero attached hydrogens (tertiary/aromatic N) is 3. The van der Waals surface area contributed by atoms with E-state index in [1.54, 1.807) is 12.1 Å². The maximum absolute atomic E-state index is 14.7. The second-order valence-corrected chi connectivity index (χ2v) is 9.29. The number of nitrogens with one attached hydrogen (secondary N) is 1. The zero-order valence-electron chi connectivity index (χ0n) is 18.4. The first kappa shape index (κ1) is 20.6. The van der Waals surface area contributed by atoms with Gasteiger partial charge in [-0.15, -0.1) is 0 Å². The summed E-state index contributed by atoms with van der Waals surface area (Å²) in [6.07, 6.45) is 1.87. The molecule has 170 valence electrons. The summed E-state index contributed by atoms with van der Waals surface area (Å²) >= 11 is 0. The fraction of sp³-hybridized carbons (Fsp3) is 0.385. The molecule has 3 heterocycles. The minimum Gasteiger partial charge on any atom is -0.378 e. The molecule has 1 aromatic heterocycles. The molecule has 1 amide bonds. The number of halogens is 1. The van der Waals surface area contributed by atoms with Crippen molar-refractivity contribution in [3.8, 4) is 0 Å². The molecule has 3 fully saturated rings.